The van der Waals surface area contributed by atoms with Gasteiger partial charge < -0.3 is 19.6 Å². The van der Waals surface area contributed by atoms with Gasteiger partial charge in [-0.1, -0.05) is 12.1 Å². The lowest BCUT2D eigenvalue weighted by Crippen LogP contribution is -2.40. The zero-order valence-electron chi connectivity index (χ0n) is 11.4. The molecule has 2 rings (SSSR count). The van der Waals surface area contributed by atoms with E-state index < -0.39 is 23.5 Å². The Morgan fingerprint density at radius 3 is 2.71 bits per heavy atom. The van der Waals surface area contributed by atoms with Crippen molar-refractivity contribution in [1.29, 1.82) is 0 Å². The molecule has 0 aliphatic heterocycles. The molecule has 1 atom stereocenters. The summed E-state index contributed by atoms with van der Waals surface area (Å²) in [5.74, 6) is -1.63. The first-order valence-corrected chi connectivity index (χ1v) is 6.08. The van der Waals surface area contributed by atoms with Gasteiger partial charge in [0.2, 0.25) is 0 Å². The largest absolute Gasteiger partial charge is 0.493 e. The topological polar surface area (TPSA) is 106 Å². The van der Waals surface area contributed by atoms with Crippen molar-refractivity contribution in [3.05, 3.63) is 40.2 Å². The highest BCUT2D eigenvalue weighted by Gasteiger charge is 2.19. The van der Waals surface area contributed by atoms with Crippen LogP contribution in [0.2, 0.25) is 0 Å². The van der Waals surface area contributed by atoms with Gasteiger partial charge in [-0.25, -0.2) is 4.79 Å². The number of ether oxygens (including phenoxy) is 1. The molecule has 1 unspecified atom stereocenters. The summed E-state index contributed by atoms with van der Waals surface area (Å²) in [6.45, 7) is 1.30. The van der Waals surface area contributed by atoms with Crippen LogP contribution in [0.5, 0.6) is 5.75 Å². The van der Waals surface area contributed by atoms with Crippen LogP contribution in [0.3, 0.4) is 0 Å². The zero-order chi connectivity index (χ0) is 15.6. The first-order valence-electron chi connectivity index (χ1n) is 6.08. The number of nitrogens with one attached hydrogen (secondary N) is 1. The van der Waals surface area contributed by atoms with Gasteiger partial charge in [-0.15, -0.1) is 0 Å². The molecule has 2 N–H and O–H groups in total. The minimum atomic E-state index is -1.20. The minimum Gasteiger partial charge on any atom is -0.493 e. The molecule has 1 amide bonds. The summed E-state index contributed by atoms with van der Waals surface area (Å²) >= 11 is 0. The van der Waals surface area contributed by atoms with Crippen LogP contribution in [-0.2, 0) is 4.79 Å². The number of para-hydroxylation sites is 1. The van der Waals surface area contributed by atoms with Crippen LogP contribution < -0.4 is 15.7 Å². The number of carboxylic acids is 1. The number of carbonyl (C=O) groups is 2. The predicted octanol–water partition coefficient (Wildman–Crippen LogP) is 1.00. The molecule has 0 spiro atoms. The van der Waals surface area contributed by atoms with Crippen LogP contribution >= 0.6 is 0 Å². The van der Waals surface area contributed by atoms with Gasteiger partial charge in [-0.3, -0.25) is 9.59 Å². The van der Waals surface area contributed by atoms with Gasteiger partial charge in [0, 0.05) is 5.39 Å². The Labute approximate surface area is 119 Å². The van der Waals surface area contributed by atoms with Gasteiger partial charge in [0.15, 0.2) is 11.3 Å². The lowest BCUT2D eigenvalue weighted by atomic mass is 10.1. The molecular formula is C14H13NO6. The molecule has 21 heavy (non-hydrogen) atoms. The number of aliphatic carboxylic acids is 1. The summed E-state index contributed by atoms with van der Waals surface area (Å²) in [6, 6.07) is 5.18. The van der Waals surface area contributed by atoms with Crippen LogP contribution in [0, 0.1) is 0 Å². The summed E-state index contributed by atoms with van der Waals surface area (Å²) in [5.41, 5.74) is -0.890. The number of carbonyl (C=O) groups excluding carboxylic acids is 1. The second kappa shape index (κ2) is 5.66. The fourth-order valence-corrected chi connectivity index (χ4v) is 1.77. The Morgan fingerprint density at radius 1 is 1.38 bits per heavy atom. The molecule has 7 heteroatoms. The smallest absolute Gasteiger partial charge is 0.349 e. The van der Waals surface area contributed by atoms with E-state index in [4.69, 9.17) is 14.3 Å². The van der Waals surface area contributed by atoms with E-state index in [0.29, 0.717) is 11.1 Å². The van der Waals surface area contributed by atoms with E-state index in [9.17, 15) is 14.4 Å². The fraction of sp³-hybridized carbons (Fsp3) is 0.214. The van der Waals surface area contributed by atoms with E-state index in [1.807, 2.05) is 0 Å². The fourth-order valence-electron chi connectivity index (χ4n) is 1.77. The van der Waals surface area contributed by atoms with Crippen molar-refractivity contribution in [2.75, 3.05) is 7.11 Å². The Kier molecular flexibility index (Phi) is 3.93. The molecule has 0 bridgehead atoms. The number of benzene rings is 1. The lowest BCUT2D eigenvalue weighted by molar-refractivity contribution is -0.138. The van der Waals surface area contributed by atoms with Crippen LogP contribution in [0.1, 0.15) is 17.3 Å². The molecule has 0 saturated carbocycles. The third kappa shape index (κ3) is 2.86. The van der Waals surface area contributed by atoms with Crippen molar-refractivity contribution in [1.82, 2.24) is 5.32 Å². The molecule has 0 saturated heterocycles. The molecule has 1 aromatic heterocycles. The first kappa shape index (κ1) is 14.6. The summed E-state index contributed by atoms with van der Waals surface area (Å²) < 4.78 is 10.2. The zero-order valence-corrected chi connectivity index (χ0v) is 11.4. The molecule has 7 nitrogen and oxygen atoms in total. The Bertz CT molecular complexity index is 764. The summed E-state index contributed by atoms with van der Waals surface area (Å²) in [5, 5.41) is 11.5. The Hall–Kier alpha value is -2.83. The minimum absolute atomic E-state index is 0.229. The van der Waals surface area contributed by atoms with Gasteiger partial charge in [0.1, 0.15) is 11.6 Å². The maximum Gasteiger partial charge on any atom is 0.349 e. The second-order valence-electron chi connectivity index (χ2n) is 4.36. The number of rotatable bonds is 4. The van der Waals surface area contributed by atoms with Gasteiger partial charge in [0.25, 0.3) is 5.91 Å². The quantitative estimate of drug-likeness (QED) is 0.814. The van der Waals surface area contributed by atoms with Crippen molar-refractivity contribution >= 4 is 22.8 Å². The van der Waals surface area contributed by atoms with E-state index in [1.165, 1.54) is 20.1 Å². The van der Waals surface area contributed by atoms with Crippen molar-refractivity contribution in [3.63, 3.8) is 0 Å². The van der Waals surface area contributed by atoms with Gasteiger partial charge in [0.05, 0.1) is 7.11 Å². The summed E-state index contributed by atoms with van der Waals surface area (Å²) in [6.07, 6.45) is 0. The molecular weight excluding hydrogens is 278 g/mol. The highest BCUT2D eigenvalue weighted by Crippen LogP contribution is 2.24. The van der Waals surface area contributed by atoms with E-state index >= 15 is 0 Å². The van der Waals surface area contributed by atoms with Gasteiger partial charge in [-0.2, -0.15) is 0 Å². The average molecular weight is 291 g/mol. The molecule has 0 radical (unpaired) electrons. The SMILES string of the molecule is COc1cccc2cc(C(=O)NC(C)C(=O)O)c(=O)oc12. The third-order valence-corrected chi connectivity index (χ3v) is 2.91. The molecule has 1 aromatic carbocycles. The number of fused-ring (bicyclic) bond motifs is 1. The van der Waals surface area contributed by atoms with Crippen molar-refractivity contribution < 1.29 is 23.8 Å². The van der Waals surface area contributed by atoms with Crippen LogP contribution in [-0.4, -0.2) is 30.1 Å². The number of amides is 1. The van der Waals surface area contributed by atoms with Crippen LogP contribution in [0.15, 0.2) is 33.5 Å². The molecule has 0 fully saturated rings. The molecule has 0 aliphatic carbocycles. The summed E-state index contributed by atoms with van der Waals surface area (Å²) in [4.78, 5) is 34.5. The van der Waals surface area contributed by atoms with Crippen LogP contribution in [0.25, 0.3) is 11.0 Å². The number of methoxy groups -OCH3 is 1. The molecule has 1 heterocycles. The molecule has 0 aliphatic rings. The molecule has 2 aromatic rings. The Morgan fingerprint density at radius 2 is 2.10 bits per heavy atom. The van der Waals surface area contributed by atoms with E-state index in [0.717, 1.165) is 0 Å². The number of hydrogen-bond acceptors (Lipinski definition) is 5. The van der Waals surface area contributed by atoms with Crippen molar-refractivity contribution in [2.24, 2.45) is 0 Å². The number of carboxylic acid groups (broad SMARTS) is 1. The predicted molar refractivity (Wildman–Crippen MR) is 73.6 cm³/mol. The highest BCUT2D eigenvalue weighted by molar-refractivity contribution is 5.99. The van der Waals surface area contributed by atoms with E-state index in [1.54, 1.807) is 18.2 Å². The highest BCUT2D eigenvalue weighted by atomic mass is 16.5. The average Bonchev–Trinajstić information content (AvgIpc) is 2.45. The normalized spacial score (nSPS) is 11.9. The van der Waals surface area contributed by atoms with Crippen molar-refractivity contribution in [3.8, 4) is 5.75 Å². The van der Waals surface area contributed by atoms with E-state index in [2.05, 4.69) is 5.32 Å². The second-order valence-corrected chi connectivity index (χ2v) is 4.36. The van der Waals surface area contributed by atoms with Crippen molar-refractivity contribution in [2.45, 2.75) is 13.0 Å². The molecule has 110 valence electrons. The summed E-state index contributed by atoms with van der Waals surface area (Å²) in [7, 11) is 1.43. The van der Waals surface area contributed by atoms with Crippen LogP contribution in [0.4, 0.5) is 0 Å². The Balaban J connectivity index is 2.46. The third-order valence-electron chi connectivity index (χ3n) is 2.91. The monoisotopic (exact) mass is 291 g/mol. The first-order chi connectivity index (χ1) is 9.93. The maximum atomic E-state index is 11.9. The van der Waals surface area contributed by atoms with Gasteiger partial charge in [-0.05, 0) is 19.1 Å². The van der Waals surface area contributed by atoms with E-state index in [-0.39, 0.29) is 11.1 Å². The maximum absolute atomic E-state index is 11.9. The standard InChI is InChI=1S/C14H13NO6/c1-7(13(17)18)15-12(16)9-6-8-4-3-5-10(20-2)11(8)21-14(9)19/h3-7H,1-2H3,(H,15,16)(H,17,18). The number of hydrogen-bond donors (Lipinski definition) is 2. The lowest BCUT2D eigenvalue weighted by Gasteiger charge is -2.09. The van der Waals surface area contributed by atoms with Gasteiger partial charge >= 0.3 is 11.6 Å².